The van der Waals surface area contributed by atoms with Crippen molar-refractivity contribution in [3.8, 4) is 5.69 Å². The van der Waals surface area contributed by atoms with Gasteiger partial charge in [-0.05, 0) is 25.0 Å². The lowest BCUT2D eigenvalue weighted by atomic mass is 10.1. The number of imidazole rings is 1. The highest BCUT2D eigenvalue weighted by Gasteiger charge is 2.27. The Labute approximate surface area is 172 Å². The van der Waals surface area contributed by atoms with Crippen LogP contribution in [0.5, 0.6) is 0 Å². The summed E-state index contributed by atoms with van der Waals surface area (Å²) in [5.74, 6) is 0.308. The zero-order chi connectivity index (χ0) is 19.7. The molecular formula is C19H19Cl2N5O2. The first-order valence-corrected chi connectivity index (χ1v) is 9.70. The Morgan fingerprint density at radius 3 is 2.96 bits per heavy atom. The number of ether oxygens (including phenoxy) is 1. The predicted molar refractivity (Wildman–Crippen MR) is 109 cm³/mol. The molecule has 1 saturated heterocycles. The van der Waals surface area contributed by atoms with Crippen LogP contribution in [0.4, 0.5) is 5.82 Å². The van der Waals surface area contributed by atoms with Gasteiger partial charge in [0, 0.05) is 30.4 Å². The highest BCUT2D eigenvalue weighted by atomic mass is 35.5. The molecule has 0 bridgehead atoms. The number of halogens is 2. The molecule has 0 saturated carbocycles. The number of hydrogen-bond donors (Lipinski definition) is 1. The molecule has 1 aromatic carbocycles. The SMILES string of the molecule is NC(=O)COC[C@@H]1CCCN1c1cc(-n2ccnc2)c2ccc(Cl)c(Cl)c2n1. The van der Waals surface area contributed by atoms with Crippen LogP contribution in [0.25, 0.3) is 16.6 Å². The van der Waals surface area contributed by atoms with Crippen LogP contribution in [0.15, 0.2) is 36.9 Å². The van der Waals surface area contributed by atoms with Crippen molar-refractivity contribution in [1.82, 2.24) is 14.5 Å². The fourth-order valence-corrected chi connectivity index (χ4v) is 3.93. The van der Waals surface area contributed by atoms with Gasteiger partial charge in [-0.25, -0.2) is 9.97 Å². The van der Waals surface area contributed by atoms with Crippen LogP contribution in [0, 0.1) is 0 Å². The van der Waals surface area contributed by atoms with Crippen molar-refractivity contribution in [3.05, 3.63) is 47.0 Å². The maximum Gasteiger partial charge on any atom is 0.243 e. The summed E-state index contributed by atoms with van der Waals surface area (Å²) in [5, 5.41) is 1.76. The molecular weight excluding hydrogens is 401 g/mol. The molecule has 7 nitrogen and oxygen atoms in total. The van der Waals surface area contributed by atoms with E-state index in [1.807, 2.05) is 22.9 Å². The van der Waals surface area contributed by atoms with E-state index >= 15 is 0 Å². The number of aromatic nitrogens is 3. The lowest BCUT2D eigenvalue weighted by Gasteiger charge is -2.26. The molecule has 4 rings (SSSR count). The van der Waals surface area contributed by atoms with Crippen molar-refractivity contribution in [2.45, 2.75) is 18.9 Å². The lowest BCUT2D eigenvalue weighted by molar-refractivity contribution is -0.122. The molecule has 146 valence electrons. The van der Waals surface area contributed by atoms with Gasteiger partial charge in [0.05, 0.1) is 40.2 Å². The molecule has 28 heavy (non-hydrogen) atoms. The van der Waals surface area contributed by atoms with Crippen LogP contribution < -0.4 is 10.6 Å². The molecule has 9 heteroatoms. The Hall–Kier alpha value is -2.35. The van der Waals surface area contributed by atoms with Crippen LogP contribution in [0.3, 0.4) is 0 Å². The van der Waals surface area contributed by atoms with E-state index in [9.17, 15) is 4.79 Å². The molecule has 3 aromatic rings. The van der Waals surface area contributed by atoms with Crippen molar-refractivity contribution in [2.75, 3.05) is 24.7 Å². The smallest absolute Gasteiger partial charge is 0.243 e. The van der Waals surface area contributed by atoms with Crippen LogP contribution in [0.2, 0.25) is 10.0 Å². The van der Waals surface area contributed by atoms with Gasteiger partial charge in [0.15, 0.2) is 0 Å². The van der Waals surface area contributed by atoms with Gasteiger partial charge in [0.1, 0.15) is 12.4 Å². The maximum absolute atomic E-state index is 11.0. The summed E-state index contributed by atoms with van der Waals surface area (Å²) < 4.78 is 7.38. The van der Waals surface area contributed by atoms with Crippen LogP contribution in [0.1, 0.15) is 12.8 Å². The van der Waals surface area contributed by atoms with Gasteiger partial charge in [-0.3, -0.25) is 4.79 Å². The minimum atomic E-state index is -0.475. The third-order valence-electron chi connectivity index (χ3n) is 4.85. The van der Waals surface area contributed by atoms with E-state index in [-0.39, 0.29) is 12.6 Å². The average Bonchev–Trinajstić information content (AvgIpc) is 3.36. The fraction of sp³-hybridized carbons (Fsp3) is 0.316. The monoisotopic (exact) mass is 419 g/mol. The van der Waals surface area contributed by atoms with E-state index in [2.05, 4.69) is 9.88 Å². The first kappa shape index (κ1) is 19.0. The second kappa shape index (κ2) is 7.95. The summed E-state index contributed by atoms with van der Waals surface area (Å²) in [4.78, 5) is 22.1. The minimum Gasteiger partial charge on any atom is -0.370 e. The average molecular weight is 420 g/mol. The topological polar surface area (TPSA) is 86.3 Å². The number of carbonyl (C=O) groups excluding carboxylic acids is 1. The Balaban J connectivity index is 1.76. The third-order valence-corrected chi connectivity index (χ3v) is 5.64. The summed E-state index contributed by atoms with van der Waals surface area (Å²) in [6, 6.07) is 5.80. The van der Waals surface area contributed by atoms with Gasteiger partial charge >= 0.3 is 0 Å². The first-order chi connectivity index (χ1) is 13.5. The molecule has 1 amide bonds. The zero-order valence-electron chi connectivity index (χ0n) is 15.0. The molecule has 0 radical (unpaired) electrons. The Morgan fingerprint density at radius 1 is 1.36 bits per heavy atom. The number of anilines is 1. The molecule has 2 aromatic heterocycles. The number of amides is 1. The number of nitrogens with zero attached hydrogens (tertiary/aromatic N) is 4. The summed E-state index contributed by atoms with van der Waals surface area (Å²) >= 11 is 12.7. The van der Waals surface area contributed by atoms with E-state index in [0.717, 1.165) is 36.3 Å². The largest absolute Gasteiger partial charge is 0.370 e. The molecule has 0 aliphatic carbocycles. The lowest BCUT2D eigenvalue weighted by Crippen LogP contribution is -2.35. The van der Waals surface area contributed by atoms with E-state index in [1.54, 1.807) is 18.6 Å². The number of rotatable bonds is 6. The molecule has 0 spiro atoms. The number of hydrogen-bond acceptors (Lipinski definition) is 5. The number of pyridine rings is 1. The predicted octanol–water partition coefficient (Wildman–Crippen LogP) is 3.20. The fourth-order valence-electron chi connectivity index (χ4n) is 3.57. The Bertz CT molecular complexity index is 1010. The van der Waals surface area contributed by atoms with Gasteiger partial charge < -0.3 is 19.9 Å². The molecule has 3 heterocycles. The van der Waals surface area contributed by atoms with Crippen molar-refractivity contribution in [1.29, 1.82) is 0 Å². The Morgan fingerprint density at radius 2 is 2.21 bits per heavy atom. The highest BCUT2D eigenvalue weighted by molar-refractivity contribution is 6.45. The van der Waals surface area contributed by atoms with Gasteiger partial charge in [0.25, 0.3) is 0 Å². The van der Waals surface area contributed by atoms with Crippen molar-refractivity contribution in [3.63, 3.8) is 0 Å². The van der Waals surface area contributed by atoms with Crippen LogP contribution in [-0.2, 0) is 9.53 Å². The number of primary amides is 1. The summed E-state index contributed by atoms with van der Waals surface area (Å²) in [6.45, 7) is 1.16. The van der Waals surface area contributed by atoms with E-state index < -0.39 is 5.91 Å². The first-order valence-electron chi connectivity index (χ1n) is 8.94. The third kappa shape index (κ3) is 3.65. The van der Waals surface area contributed by atoms with Gasteiger partial charge in [0.2, 0.25) is 5.91 Å². The van der Waals surface area contributed by atoms with E-state index in [4.69, 9.17) is 38.7 Å². The summed E-state index contributed by atoms with van der Waals surface area (Å²) in [6.07, 6.45) is 7.28. The van der Waals surface area contributed by atoms with Crippen LogP contribution >= 0.6 is 23.2 Å². The molecule has 1 fully saturated rings. The summed E-state index contributed by atoms with van der Waals surface area (Å²) in [5.41, 5.74) is 6.72. The molecule has 1 aliphatic rings. The molecule has 2 N–H and O–H groups in total. The quantitative estimate of drug-likeness (QED) is 0.662. The second-order valence-corrected chi connectivity index (χ2v) is 7.48. The number of fused-ring (bicyclic) bond motifs is 1. The minimum absolute atomic E-state index is 0.0861. The van der Waals surface area contributed by atoms with Crippen molar-refractivity contribution in [2.24, 2.45) is 5.73 Å². The maximum atomic E-state index is 11.0. The number of carbonyl (C=O) groups is 1. The van der Waals surface area contributed by atoms with Gasteiger partial charge in [-0.2, -0.15) is 0 Å². The summed E-state index contributed by atoms with van der Waals surface area (Å²) in [7, 11) is 0. The van der Waals surface area contributed by atoms with Crippen LogP contribution in [-0.4, -0.2) is 46.2 Å². The molecule has 1 aliphatic heterocycles. The normalized spacial score (nSPS) is 16.8. The van der Waals surface area contributed by atoms with Crippen molar-refractivity contribution >= 4 is 45.8 Å². The van der Waals surface area contributed by atoms with Gasteiger partial charge in [-0.1, -0.05) is 23.2 Å². The highest BCUT2D eigenvalue weighted by Crippen LogP contribution is 2.36. The zero-order valence-corrected chi connectivity index (χ0v) is 16.5. The second-order valence-electron chi connectivity index (χ2n) is 6.70. The number of benzene rings is 1. The van der Waals surface area contributed by atoms with E-state index in [1.165, 1.54) is 0 Å². The standard InChI is InChI=1S/C19H19Cl2N5O2/c20-14-4-3-13-15(25-7-5-23-11-25)8-17(24-19(13)18(14)21)26-6-1-2-12(26)9-28-10-16(22)27/h3-5,7-8,11-12H,1-2,6,9-10H2,(H2,22,27)/t12-/m0/s1. The van der Waals surface area contributed by atoms with Crippen molar-refractivity contribution < 1.29 is 9.53 Å². The Kier molecular flexibility index (Phi) is 5.39. The van der Waals surface area contributed by atoms with E-state index in [0.29, 0.717) is 22.2 Å². The molecule has 0 unspecified atom stereocenters. The van der Waals surface area contributed by atoms with Gasteiger partial charge in [-0.15, -0.1) is 0 Å². The molecule has 1 atom stereocenters. The number of nitrogens with two attached hydrogens (primary N) is 1.